The van der Waals surface area contributed by atoms with E-state index in [4.69, 9.17) is 19.2 Å². The number of aromatic amines is 1. The summed E-state index contributed by atoms with van der Waals surface area (Å²) in [4.78, 5) is 30.4. The molecule has 11 nitrogen and oxygen atoms in total. The van der Waals surface area contributed by atoms with Gasteiger partial charge in [-0.3, -0.25) is 0 Å². The number of hydrogen-bond donors (Lipinski definition) is 1. The Bertz CT molecular complexity index is 1730. The maximum absolute atomic E-state index is 13.6. The van der Waals surface area contributed by atoms with E-state index in [1.165, 1.54) is 0 Å². The maximum atomic E-state index is 13.6. The second-order valence-corrected chi connectivity index (χ2v) is 10.5. The lowest BCUT2D eigenvalue weighted by Crippen LogP contribution is -2.25. The van der Waals surface area contributed by atoms with E-state index in [0.29, 0.717) is 36.6 Å². The van der Waals surface area contributed by atoms with Crippen LogP contribution < -0.4 is 0 Å². The summed E-state index contributed by atoms with van der Waals surface area (Å²) < 4.78 is 18.4. The van der Waals surface area contributed by atoms with Crippen LogP contribution in [-0.2, 0) is 33.6 Å². The van der Waals surface area contributed by atoms with Crippen LogP contribution in [0.5, 0.6) is 0 Å². The average molecular weight is 593 g/mol. The van der Waals surface area contributed by atoms with Crippen molar-refractivity contribution in [2.24, 2.45) is 0 Å². The molecule has 1 aliphatic heterocycles. The Balaban J connectivity index is 1.24. The monoisotopic (exact) mass is 592 g/mol. The van der Waals surface area contributed by atoms with E-state index in [1.54, 1.807) is 0 Å². The fraction of sp³-hybridized carbons (Fsp3) is 0.273. The zero-order chi connectivity index (χ0) is 30.5. The molecular formula is C33H32N6O5. The molecule has 0 spiro atoms. The van der Waals surface area contributed by atoms with Crippen LogP contribution in [0.3, 0.4) is 0 Å². The van der Waals surface area contributed by atoms with Gasteiger partial charge >= 0.3 is 12.1 Å². The summed E-state index contributed by atoms with van der Waals surface area (Å²) in [6, 6.07) is 25.4. The second kappa shape index (κ2) is 12.9. The lowest BCUT2D eigenvalue weighted by Gasteiger charge is -2.17. The SMILES string of the molecule is CCCc1nc(CC)c(C(=O)OCC2OC(=O)OC2c2ccccc2)n1Cc1ccc(-c2ccccc2-c2nnn[nH]2)cc1. The Morgan fingerprint density at radius 3 is 2.41 bits per heavy atom. The fourth-order valence-electron chi connectivity index (χ4n) is 5.47. The van der Waals surface area contributed by atoms with Crippen molar-refractivity contribution in [3.05, 3.63) is 107 Å². The molecule has 1 saturated heterocycles. The third kappa shape index (κ3) is 5.94. The number of aromatic nitrogens is 6. The quantitative estimate of drug-likeness (QED) is 0.191. The van der Waals surface area contributed by atoms with E-state index >= 15 is 0 Å². The Morgan fingerprint density at radius 1 is 0.955 bits per heavy atom. The number of benzene rings is 3. The number of rotatable bonds is 11. The van der Waals surface area contributed by atoms with Gasteiger partial charge in [0, 0.05) is 18.5 Å². The molecule has 6 rings (SSSR count). The summed E-state index contributed by atoms with van der Waals surface area (Å²) in [5.74, 6) is 0.899. The predicted molar refractivity (Wildman–Crippen MR) is 161 cm³/mol. The molecule has 0 saturated carbocycles. The van der Waals surface area contributed by atoms with Crippen molar-refractivity contribution in [3.8, 4) is 22.5 Å². The molecule has 2 unspecified atom stereocenters. The highest BCUT2D eigenvalue weighted by atomic mass is 16.8. The van der Waals surface area contributed by atoms with E-state index in [9.17, 15) is 9.59 Å². The lowest BCUT2D eigenvalue weighted by molar-refractivity contribution is 0.0219. The molecule has 1 fully saturated rings. The van der Waals surface area contributed by atoms with Crippen molar-refractivity contribution in [1.82, 2.24) is 30.2 Å². The molecule has 0 bridgehead atoms. The van der Waals surface area contributed by atoms with Crippen LogP contribution in [0.25, 0.3) is 22.5 Å². The normalized spacial score (nSPS) is 16.0. The first-order valence-corrected chi connectivity index (χ1v) is 14.7. The van der Waals surface area contributed by atoms with Gasteiger partial charge in [0.05, 0.1) is 5.69 Å². The van der Waals surface area contributed by atoms with Gasteiger partial charge in [-0.25, -0.2) is 19.7 Å². The van der Waals surface area contributed by atoms with Gasteiger partial charge in [0.2, 0.25) is 0 Å². The van der Waals surface area contributed by atoms with Gasteiger partial charge in [-0.15, -0.1) is 5.10 Å². The van der Waals surface area contributed by atoms with Gasteiger partial charge in [-0.1, -0.05) is 92.7 Å². The molecule has 0 radical (unpaired) electrons. The number of H-pyrrole nitrogens is 1. The Labute approximate surface area is 254 Å². The van der Waals surface area contributed by atoms with Crippen LogP contribution in [0, 0.1) is 0 Å². The molecule has 2 atom stereocenters. The van der Waals surface area contributed by atoms with E-state index in [-0.39, 0.29) is 6.61 Å². The number of hydrogen-bond acceptors (Lipinski definition) is 9. The number of cyclic esters (lactones) is 2. The molecule has 0 aliphatic carbocycles. The minimum atomic E-state index is -0.784. The topological polar surface area (TPSA) is 134 Å². The third-order valence-electron chi connectivity index (χ3n) is 7.57. The van der Waals surface area contributed by atoms with E-state index in [1.807, 2.05) is 90.4 Å². The van der Waals surface area contributed by atoms with Crippen molar-refractivity contribution in [3.63, 3.8) is 0 Å². The zero-order valence-corrected chi connectivity index (χ0v) is 24.5. The van der Waals surface area contributed by atoms with E-state index in [0.717, 1.165) is 40.1 Å². The summed E-state index contributed by atoms with van der Waals surface area (Å²) in [5.41, 5.74) is 5.75. The molecule has 224 valence electrons. The number of nitrogens with zero attached hydrogens (tertiary/aromatic N) is 5. The van der Waals surface area contributed by atoms with Crippen LogP contribution >= 0.6 is 0 Å². The van der Waals surface area contributed by atoms with E-state index in [2.05, 4.69) is 27.5 Å². The van der Waals surface area contributed by atoms with Crippen LogP contribution in [0.15, 0.2) is 78.9 Å². The first-order valence-electron chi connectivity index (χ1n) is 14.7. The lowest BCUT2D eigenvalue weighted by atomic mass is 9.98. The largest absolute Gasteiger partial charge is 0.509 e. The molecule has 3 heterocycles. The van der Waals surface area contributed by atoms with Gasteiger partial charge in [0.25, 0.3) is 0 Å². The van der Waals surface area contributed by atoms with Crippen LogP contribution in [0.4, 0.5) is 4.79 Å². The standard InChI is InChI=1S/C33H32N6O5/c1-3-10-28-34-26(4-2)29(32(40)42-20-27-30(44-33(41)43-27)23-11-6-5-7-12-23)39(28)19-21-15-17-22(18-16-21)24-13-8-9-14-25(24)31-35-37-38-36-31/h5-9,11-18,27,30H,3-4,10,19-20H2,1-2H3,(H,35,36,37,38). The molecule has 11 heteroatoms. The average Bonchev–Trinajstić information content (AvgIpc) is 3.80. The molecule has 1 N–H and O–H groups in total. The van der Waals surface area contributed by atoms with Crippen molar-refractivity contribution in [2.45, 2.75) is 51.9 Å². The minimum absolute atomic E-state index is 0.142. The summed E-state index contributed by atoms with van der Waals surface area (Å²) >= 11 is 0. The fourth-order valence-corrected chi connectivity index (χ4v) is 5.47. The number of carbonyl (C=O) groups excluding carboxylic acids is 2. The summed E-state index contributed by atoms with van der Waals surface area (Å²) in [6.45, 7) is 4.34. The van der Waals surface area contributed by atoms with Crippen LogP contribution in [0.1, 0.15) is 59.5 Å². The number of tetrazole rings is 1. The molecule has 2 aromatic heterocycles. The number of carbonyl (C=O) groups is 2. The maximum Gasteiger partial charge on any atom is 0.509 e. The number of imidazole rings is 1. The molecule has 44 heavy (non-hydrogen) atoms. The van der Waals surface area contributed by atoms with Crippen molar-refractivity contribution in [1.29, 1.82) is 0 Å². The van der Waals surface area contributed by atoms with Crippen molar-refractivity contribution in [2.75, 3.05) is 6.61 Å². The smallest absolute Gasteiger partial charge is 0.457 e. The van der Waals surface area contributed by atoms with Gasteiger partial charge < -0.3 is 18.8 Å². The van der Waals surface area contributed by atoms with Crippen molar-refractivity contribution >= 4 is 12.1 Å². The van der Waals surface area contributed by atoms with Crippen molar-refractivity contribution < 1.29 is 23.8 Å². The van der Waals surface area contributed by atoms with Gasteiger partial charge in [0.1, 0.15) is 12.4 Å². The predicted octanol–water partition coefficient (Wildman–Crippen LogP) is 5.73. The highest BCUT2D eigenvalue weighted by molar-refractivity contribution is 5.89. The number of esters is 1. The minimum Gasteiger partial charge on any atom is -0.457 e. The van der Waals surface area contributed by atoms with Crippen LogP contribution in [-0.4, -0.2) is 55.0 Å². The van der Waals surface area contributed by atoms with Gasteiger partial charge in [-0.05, 0) is 45.5 Å². The molecule has 1 aliphatic rings. The van der Waals surface area contributed by atoms with E-state index < -0.39 is 24.3 Å². The third-order valence-corrected chi connectivity index (χ3v) is 7.57. The first-order chi connectivity index (χ1) is 21.6. The van der Waals surface area contributed by atoms with Gasteiger partial charge in [0.15, 0.2) is 23.7 Å². The number of ether oxygens (including phenoxy) is 3. The molecule has 0 amide bonds. The Hall–Kier alpha value is -5.32. The number of aryl methyl sites for hydroxylation is 2. The first kappa shape index (κ1) is 28.8. The van der Waals surface area contributed by atoms with Gasteiger partial charge in [-0.2, -0.15) is 0 Å². The number of nitrogens with one attached hydrogen (secondary N) is 1. The Morgan fingerprint density at radius 2 is 1.70 bits per heavy atom. The zero-order valence-electron chi connectivity index (χ0n) is 24.5. The molecule has 3 aromatic carbocycles. The summed E-state index contributed by atoms with van der Waals surface area (Å²) in [5, 5.41) is 14.3. The highest BCUT2D eigenvalue weighted by Gasteiger charge is 2.39. The van der Waals surface area contributed by atoms with Crippen LogP contribution in [0.2, 0.25) is 0 Å². The highest BCUT2D eigenvalue weighted by Crippen LogP contribution is 2.32. The second-order valence-electron chi connectivity index (χ2n) is 10.5. The Kier molecular flexibility index (Phi) is 8.44. The molecular weight excluding hydrogens is 560 g/mol. The molecule has 5 aromatic rings. The summed E-state index contributed by atoms with van der Waals surface area (Å²) in [6.07, 6.45) is -0.0572. The summed E-state index contributed by atoms with van der Waals surface area (Å²) in [7, 11) is 0.